The van der Waals surface area contributed by atoms with Gasteiger partial charge in [-0.2, -0.15) is 13.2 Å². The number of hydrogen-bond acceptors (Lipinski definition) is 5. The van der Waals surface area contributed by atoms with E-state index < -0.39 is 23.6 Å². The average Bonchev–Trinajstić information content (AvgIpc) is 3.09. The van der Waals surface area contributed by atoms with E-state index in [0.29, 0.717) is 6.54 Å². The molecular weight excluding hydrogens is 413 g/mol. The first-order valence-corrected chi connectivity index (χ1v) is 9.09. The van der Waals surface area contributed by atoms with Gasteiger partial charge in [-0.25, -0.2) is 4.98 Å². The van der Waals surface area contributed by atoms with E-state index in [-0.39, 0.29) is 28.2 Å². The van der Waals surface area contributed by atoms with Crippen LogP contribution in [0.4, 0.5) is 13.2 Å². The highest BCUT2D eigenvalue weighted by Crippen LogP contribution is 2.39. The van der Waals surface area contributed by atoms with Gasteiger partial charge in [-0.15, -0.1) is 0 Å². The van der Waals surface area contributed by atoms with Crippen molar-refractivity contribution in [2.45, 2.75) is 12.7 Å². The van der Waals surface area contributed by atoms with Crippen LogP contribution in [0.2, 0.25) is 0 Å². The normalized spacial score (nSPS) is 11.7. The van der Waals surface area contributed by atoms with Crippen LogP contribution in [0.3, 0.4) is 0 Å². The van der Waals surface area contributed by atoms with Crippen LogP contribution in [0.25, 0.3) is 10.9 Å². The molecule has 3 rings (SSSR count). The summed E-state index contributed by atoms with van der Waals surface area (Å²) in [6.45, 7) is 0.609. The van der Waals surface area contributed by atoms with Crippen molar-refractivity contribution in [1.82, 2.24) is 19.8 Å². The van der Waals surface area contributed by atoms with Gasteiger partial charge in [-0.1, -0.05) is 0 Å². The number of pyridine rings is 1. The van der Waals surface area contributed by atoms with Crippen LogP contribution < -0.4 is 10.5 Å². The number of ether oxygens (including phenoxy) is 1. The first kappa shape index (κ1) is 22.1. The van der Waals surface area contributed by atoms with E-state index >= 15 is 0 Å². The van der Waals surface area contributed by atoms with Gasteiger partial charge in [0, 0.05) is 37.3 Å². The van der Waals surface area contributed by atoms with Crippen LogP contribution in [-0.2, 0) is 12.7 Å². The molecule has 11 heteroatoms. The topological polar surface area (TPSA) is 111 Å². The number of carbonyl (C=O) groups excluding carboxylic acids is 1. The molecule has 31 heavy (non-hydrogen) atoms. The molecule has 0 fully saturated rings. The van der Waals surface area contributed by atoms with E-state index in [1.165, 1.54) is 19.3 Å². The first-order chi connectivity index (χ1) is 14.5. The van der Waals surface area contributed by atoms with Crippen molar-refractivity contribution in [3.63, 3.8) is 0 Å². The molecule has 0 bridgehead atoms. The number of aromatic amines is 1. The van der Waals surface area contributed by atoms with Crippen LogP contribution >= 0.6 is 0 Å². The fourth-order valence-electron chi connectivity index (χ4n) is 3.00. The number of rotatable bonds is 5. The van der Waals surface area contributed by atoms with Crippen molar-refractivity contribution in [3.05, 3.63) is 53.3 Å². The smallest absolute Gasteiger partial charge is 0.417 e. The minimum atomic E-state index is -4.69. The monoisotopic (exact) mass is 434 g/mol. The predicted molar refractivity (Wildman–Crippen MR) is 109 cm³/mol. The third kappa shape index (κ3) is 4.94. The summed E-state index contributed by atoms with van der Waals surface area (Å²) in [6.07, 6.45) is -3.17. The summed E-state index contributed by atoms with van der Waals surface area (Å²) in [4.78, 5) is 21.8. The van der Waals surface area contributed by atoms with Crippen LogP contribution in [0.15, 0.2) is 36.5 Å². The highest BCUT2D eigenvalue weighted by atomic mass is 19.4. The Morgan fingerprint density at radius 1 is 1.23 bits per heavy atom. The van der Waals surface area contributed by atoms with Gasteiger partial charge in [0.05, 0.1) is 11.1 Å². The number of halogens is 3. The minimum Gasteiger partial charge on any atom is -0.439 e. The summed E-state index contributed by atoms with van der Waals surface area (Å²) in [7, 11) is 5.03. The molecule has 0 aliphatic heterocycles. The zero-order chi connectivity index (χ0) is 22.9. The second-order valence-electron chi connectivity index (χ2n) is 7.20. The molecule has 2 aromatic heterocycles. The van der Waals surface area contributed by atoms with E-state index in [2.05, 4.69) is 9.97 Å². The van der Waals surface area contributed by atoms with Gasteiger partial charge >= 0.3 is 6.18 Å². The molecule has 4 N–H and O–H groups in total. The number of amides is 1. The Kier molecular flexibility index (Phi) is 5.89. The standard InChI is InChI=1S/C20H21F3N6O2/c1-28(2)10-11-4-5-26-17(6-11)31-12-7-14(20(21,22)23)13-9-16(27-15(13)8-12)18(30)29(3)19(24)25/h4-9,27H,10H2,1-3H3,(H3,24,25). The number of aromatic nitrogens is 2. The molecule has 0 aliphatic carbocycles. The third-order valence-corrected chi connectivity index (χ3v) is 4.43. The Morgan fingerprint density at radius 2 is 1.94 bits per heavy atom. The first-order valence-electron chi connectivity index (χ1n) is 9.09. The second kappa shape index (κ2) is 8.26. The zero-order valence-corrected chi connectivity index (χ0v) is 17.0. The zero-order valence-electron chi connectivity index (χ0n) is 17.0. The lowest BCUT2D eigenvalue weighted by atomic mass is 10.1. The molecule has 2 heterocycles. The Labute approximate surface area is 175 Å². The molecule has 1 aromatic carbocycles. The summed E-state index contributed by atoms with van der Waals surface area (Å²) in [5.41, 5.74) is 5.11. The number of nitrogens with two attached hydrogens (primary N) is 1. The minimum absolute atomic E-state index is 0.0505. The highest BCUT2D eigenvalue weighted by molar-refractivity contribution is 6.06. The molecule has 0 atom stereocenters. The molecule has 164 valence electrons. The number of H-pyrrole nitrogens is 1. The van der Waals surface area contributed by atoms with Gasteiger partial charge in [0.2, 0.25) is 5.88 Å². The largest absolute Gasteiger partial charge is 0.439 e. The number of benzene rings is 1. The quantitative estimate of drug-likeness (QED) is 0.421. The predicted octanol–water partition coefficient (Wildman–Crippen LogP) is 3.40. The van der Waals surface area contributed by atoms with Crippen molar-refractivity contribution in [2.75, 3.05) is 21.1 Å². The van der Waals surface area contributed by atoms with E-state index in [4.69, 9.17) is 15.9 Å². The van der Waals surface area contributed by atoms with Gasteiger partial charge in [0.1, 0.15) is 11.4 Å². The van der Waals surface area contributed by atoms with Crippen LogP contribution in [0.1, 0.15) is 21.6 Å². The fourth-order valence-corrected chi connectivity index (χ4v) is 3.00. The number of nitrogens with zero attached hydrogens (tertiary/aromatic N) is 3. The van der Waals surface area contributed by atoms with Crippen LogP contribution in [0.5, 0.6) is 11.6 Å². The Balaban J connectivity index is 2.04. The van der Waals surface area contributed by atoms with E-state index in [0.717, 1.165) is 22.6 Å². The lowest BCUT2D eigenvalue weighted by molar-refractivity contribution is -0.136. The lowest BCUT2D eigenvalue weighted by Gasteiger charge is -2.13. The van der Waals surface area contributed by atoms with Crippen LogP contribution in [0, 0.1) is 5.41 Å². The average molecular weight is 434 g/mol. The SMILES string of the molecule is CN(C)Cc1ccnc(Oc2cc(C(F)(F)F)c3cc(C(=O)N(C)C(=N)N)[nH]c3c2)c1. The number of nitrogens with one attached hydrogen (secondary N) is 2. The molecule has 1 amide bonds. The Bertz CT molecular complexity index is 1140. The summed E-state index contributed by atoms with van der Waals surface area (Å²) in [5.74, 6) is -1.22. The Morgan fingerprint density at radius 3 is 2.55 bits per heavy atom. The molecule has 0 saturated carbocycles. The van der Waals surface area contributed by atoms with Crippen molar-refractivity contribution in [3.8, 4) is 11.6 Å². The molecule has 0 aliphatic rings. The molecule has 0 saturated heterocycles. The van der Waals surface area contributed by atoms with Crippen molar-refractivity contribution >= 4 is 22.8 Å². The molecular formula is C20H21F3N6O2. The van der Waals surface area contributed by atoms with Gasteiger partial charge in [-0.05, 0) is 37.9 Å². The maximum atomic E-state index is 13.7. The number of alkyl halides is 3. The Hall–Kier alpha value is -3.60. The second-order valence-corrected chi connectivity index (χ2v) is 7.20. The van der Waals surface area contributed by atoms with Crippen molar-refractivity contribution in [2.24, 2.45) is 5.73 Å². The van der Waals surface area contributed by atoms with E-state index in [1.54, 1.807) is 12.1 Å². The van der Waals surface area contributed by atoms with Gasteiger partial charge in [-0.3, -0.25) is 15.1 Å². The molecule has 8 nitrogen and oxygen atoms in total. The maximum absolute atomic E-state index is 13.7. The summed E-state index contributed by atoms with van der Waals surface area (Å²) < 4.78 is 46.7. The molecule has 0 unspecified atom stereocenters. The number of hydrogen-bond donors (Lipinski definition) is 3. The number of fused-ring (bicyclic) bond motifs is 1. The highest BCUT2D eigenvalue weighted by Gasteiger charge is 2.34. The van der Waals surface area contributed by atoms with E-state index in [1.807, 2.05) is 19.0 Å². The van der Waals surface area contributed by atoms with Gasteiger partial charge < -0.3 is 20.4 Å². The summed E-state index contributed by atoms with van der Waals surface area (Å²) >= 11 is 0. The van der Waals surface area contributed by atoms with Crippen molar-refractivity contribution < 1.29 is 22.7 Å². The molecule has 3 aromatic rings. The van der Waals surface area contributed by atoms with Crippen LogP contribution in [-0.4, -0.2) is 52.8 Å². The third-order valence-electron chi connectivity index (χ3n) is 4.43. The van der Waals surface area contributed by atoms with E-state index in [9.17, 15) is 18.0 Å². The summed E-state index contributed by atoms with van der Waals surface area (Å²) in [5, 5.41) is 7.13. The fraction of sp³-hybridized carbons (Fsp3) is 0.250. The van der Waals surface area contributed by atoms with Crippen molar-refractivity contribution in [1.29, 1.82) is 5.41 Å². The lowest BCUT2D eigenvalue weighted by Crippen LogP contribution is -2.38. The van der Waals surface area contributed by atoms with Gasteiger partial charge in [0.25, 0.3) is 5.91 Å². The molecule has 0 radical (unpaired) electrons. The number of carbonyl (C=O) groups is 1. The molecule has 0 spiro atoms. The number of guanidine groups is 1. The van der Waals surface area contributed by atoms with Gasteiger partial charge in [0.15, 0.2) is 5.96 Å². The maximum Gasteiger partial charge on any atom is 0.417 e. The summed E-state index contributed by atoms with van der Waals surface area (Å²) in [6, 6.07) is 6.73.